The van der Waals surface area contributed by atoms with E-state index in [0.717, 1.165) is 38.5 Å². The number of fused-ring (bicyclic) bond motifs is 5. The van der Waals surface area contributed by atoms with Gasteiger partial charge in [-0.3, -0.25) is 9.35 Å². The van der Waals surface area contributed by atoms with Crippen molar-refractivity contribution in [1.29, 1.82) is 0 Å². The molecule has 0 aromatic rings. The quantitative estimate of drug-likeness (QED) is 0.393. The van der Waals surface area contributed by atoms with Crippen LogP contribution in [0.4, 0.5) is 0 Å². The largest absolute Gasteiger partial charge is 0.393 e. The maximum absolute atomic E-state index is 12.8. The van der Waals surface area contributed by atoms with E-state index in [9.17, 15) is 33.1 Å². The van der Waals surface area contributed by atoms with Gasteiger partial charge in [0, 0.05) is 19.5 Å². The van der Waals surface area contributed by atoms with Gasteiger partial charge in [0.2, 0.25) is 5.91 Å². The third kappa shape index (κ3) is 4.58. The molecule has 212 valence electrons. The van der Waals surface area contributed by atoms with Crippen LogP contribution < -0.4 is 0 Å². The summed E-state index contributed by atoms with van der Waals surface area (Å²) in [6.45, 7) is 7.15. The van der Waals surface area contributed by atoms with Crippen LogP contribution in [0.15, 0.2) is 0 Å². The lowest BCUT2D eigenvalue weighted by atomic mass is 9.43. The molecule has 5 rings (SSSR count). The first-order valence-electron chi connectivity index (χ1n) is 14.5. The van der Waals surface area contributed by atoms with Crippen molar-refractivity contribution in [2.45, 2.75) is 109 Å². The van der Waals surface area contributed by atoms with E-state index >= 15 is 0 Å². The molecule has 1 heterocycles. The van der Waals surface area contributed by atoms with Crippen molar-refractivity contribution in [3.8, 4) is 0 Å². The number of aliphatic hydroxyl groups is 3. The second-order valence-corrected chi connectivity index (χ2v) is 15.5. The molecule has 4 aliphatic carbocycles. The third-order valence-electron chi connectivity index (χ3n) is 12.3. The molecule has 4 saturated carbocycles. The predicted molar refractivity (Wildman–Crippen MR) is 139 cm³/mol. The van der Waals surface area contributed by atoms with Gasteiger partial charge in [-0.25, -0.2) is 0 Å². The summed E-state index contributed by atoms with van der Waals surface area (Å²) in [6, 6.07) is 0. The van der Waals surface area contributed by atoms with Gasteiger partial charge in [0.1, 0.15) is 5.25 Å². The second kappa shape index (κ2) is 9.72. The highest BCUT2D eigenvalue weighted by molar-refractivity contribution is 7.86. The molecular formula is C28H47NO7S. The summed E-state index contributed by atoms with van der Waals surface area (Å²) in [7, 11) is -4.12. The Balaban J connectivity index is 1.26. The number of hydrogen-bond acceptors (Lipinski definition) is 6. The summed E-state index contributed by atoms with van der Waals surface area (Å²) in [6.07, 6.45) is 6.10. The highest BCUT2D eigenvalue weighted by Crippen LogP contribution is 2.68. The number of carbonyl (C=O) groups is 1. The first-order chi connectivity index (χ1) is 17.3. The van der Waals surface area contributed by atoms with Crippen LogP contribution >= 0.6 is 0 Å². The summed E-state index contributed by atoms with van der Waals surface area (Å²) in [5, 5.41) is 32.5. The number of hydrogen-bond donors (Lipinski definition) is 4. The Morgan fingerprint density at radius 2 is 1.76 bits per heavy atom. The van der Waals surface area contributed by atoms with Gasteiger partial charge in [-0.05, 0) is 104 Å². The van der Waals surface area contributed by atoms with Gasteiger partial charge < -0.3 is 20.2 Å². The van der Waals surface area contributed by atoms with Gasteiger partial charge in [-0.1, -0.05) is 20.8 Å². The van der Waals surface area contributed by atoms with Gasteiger partial charge in [-0.15, -0.1) is 0 Å². The lowest BCUT2D eigenvalue weighted by Crippen LogP contribution is -2.62. The van der Waals surface area contributed by atoms with Crippen LogP contribution in [0, 0.1) is 46.3 Å². The topological polar surface area (TPSA) is 135 Å². The van der Waals surface area contributed by atoms with Crippen molar-refractivity contribution in [3.05, 3.63) is 0 Å². The summed E-state index contributed by atoms with van der Waals surface area (Å²) < 4.78 is 32.2. The number of nitrogens with zero attached hydrogens (tertiary/aromatic N) is 1. The van der Waals surface area contributed by atoms with Crippen LogP contribution in [0.5, 0.6) is 0 Å². The van der Waals surface area contributed by atoms with Crippen LogP contribution in [0.2, 0.25) is 0 Å². The molecule has 1 amide bonds. The maximum Gasteiger partial charge on any atom is 0.269 e. The molecule has 0 radical (unpaired) electrons. The molecule has 5 aliphatic rings. The van der Waals surface area contributed by atoms with Crippen molar-refractivity contribution < 1.29 is 33.1 Å². The zero-order valence-electron chi connectivity index (χ0n) is 22.6. The van der Waals surface area contributed by atoms with E-state index in [-0.39, 0.29) is 65.4 Å². The third-order valence-corrected chi connectivity index (χ3v) is 13.5. The summed E-state index contributed by atoms with van der Waals surface area (Å²) in [5.41, 5.74) is -0.247. The molecule has 5 fully saturated rings. The fraction of sp³-hybridized carbons (Fsp3) is 0.964. The van der Waals surface area contributed by atoms with E-state index in [1.54, 1.807) is 4.90 Å². The Hall–Kier alpha value is -0.740. The molecule has 0 aromatic carbocycles. The highest BCUT2D eigenvalue weighted by atomic mass is 32.2. The van der Waals surface area contributed by atoms with Crippen molar-refractivity contribution >= 4 is 16.0 Å². The van der Waals surface area contributed by atoms with E-state index in [0.29, 0.717) is 31.7 Å². The SMILES string of the molecule is C[C@H](CCC(=O)N1CC[C@H](S(=O)(=O)O)C1)[C@H]1CC[C@H]2[C@@H]3[C@H](O)C[C@@H]4C[C@H](O)CC[C@]4(C)[C@H]3C[C@H](O)[C@]12C. The molecule has 0 bridgehead atoms. The second-order valence-electron chi connectivity index (χ2n) is 13.8. The molecule has 0 aromatic heterocycles. The lowest BCUT2D eigenvalue weighted by molar-refractivity contribution is -0.207. The van der Waals surface area contributed by atoms with E-state index < -0.39 is 27.6 Å². The number of likely N-dealkylation sites (tertiary alicyclic amines) is 1. The molecule has 1 saturated heterocycles. The Kier molecular flexibility index (Phi) is 7.30. The van der Waals surface area contributed by atoms with Crippen LogP contribution in [0.3, 0.4) is 0 Å². The van der Waals surface area contributed by atoms with Crippen LogP contribution in [0.25, 0.3) is 0 Å². The Bertz CT molecular complexity index is 989. The Morgan fingerprint density at radius 3 is 2.43 bits per heavy atom. The molecule has 0 unspecified atom stereocenters. The monoisotopic (exact) mass is 541 g/mol. The molecule has 37 heavy (non-hydrogen) atoms. The van der Waals surface area contributed by atoms with E-state index in [4.69, 9.17) is 0 Å². The normalized spacial score (nSPS) is 48.7. The fourth-order valence-corrected chi connectivity index (χ4v) is 10.8. The zero-order valence-corrected chi connectivity index (χ0v) is 23.4. The zero-order chi connectivity index (χ0) is 26.9. The van der Waals surface area contributed by atoms with Gasteiger partial charge in [-0.2, -0.15) is 8.42 Å². The summed E-state index contributed by atoms with van der Waals surface area (Å²) in [4.78, 5) is 14.4. The van der Waals surface area contributed by atoms with Crippen molar-refractivity contribution in [1.82, 2.24) is 4.90 Å². The Labute approximate surface area is 221 Å². The van der Waals surface area contributed by atoms with Crippen LogP contribution in [-0.4, -0.2) is 75.7 Å². The fourth-order valence-electron chi connectivity index (χ4n) is 10.0. The summed E-state index contributed by atoms with van der Waals surface area (Å²) in [5.74, 6) is 1.41. The smallest absolute Gasteiger partial charge is 0.269 e. The van der Waals surface area contributed by atoms with E-state index in [1.807, 2.05) is 0 Å². The number of carbonyl (C=O) groups excluding carboxylic acids is 1. The van der Waals surface area contributed by atoms with Crippen LogP contribution in [0.1, 0.15) is 85.0 Å². The standard InChI is InChI=1S/C28H47NO7S/c1-16(4-7-25(33)29-11-9-19(15-29)37(34,35)36)20-5-6-21-26-22(14-24(32)28(20,21)3)27(2)10-8-18(30)12-17(27)13-23(26)31/h16-24,26,30-32H,4-15H2,1-3H3,(H,34,35,36)/t16-,17+,18-,19+,20-,21+,22+,23-,24+,26+,27+,28-/m1/s1. The van der Waals surface area contributed by atoms with E-state index in [1.165, 1.54) is 0 Å². The van der Waals surface area contributed by atoms with Gasteiger partial charge in [0.05, 0.1) is 18.3 Å². The minimum Gasteiger partial charge on any atom is -0.393 e. The summed E-state index contributed by atoms with van der Waals surface area (Å²) >= 11 is 0. The number of aliphatic hydroxyl groups excluding tert-OH is 3. The maximum atomic E-state index is 12.8. The minimum atomic E-state index is -4.12. The van der Waals surface area contributed by atoms with Gasteiger partial charge in [0.25, 0.3) is 10.1 Å². The minimum absolute atomic E-state index is 0.0528. The predicted octanol–water partition coefficient (Wildman–Crippen LogP) is 2.85. The molecule has 8 nitrogen and oxygen atoms in total. The van der Waals surface area contributed by atoms with Gasteiger partial charge in [0.15, 0.2) is 0 Å². The van der Waals surface area contributed by atoms with Gasteiger partial charge >= 0.3 is 0 Å². The van der Waals surface area contributed by atoms with Crippen molar-refractivity contribution in [2.24, 2.45) is 46.3 Å². The van der Waals surface area contributed by atoms with Crippen molar-refractivity contribution in [3.63, 3.8) is 0 Å². The number of amides is 1. The Morgan fingerprint density at radius 1 is 1.03 bits per heavy atom. The van der Waals surface area contributed by atoms with Crippen molar-refractivity contribution in [2.75, 3.05) is 13.1 Å². The molecule has 9 heteroatoms. The molecule has 12 atom stereocenters. The molecule has 4 N–H and O–H groups in total. The number of rotatable bonds is 5. The average molecular weight is 542 g/mol. The molecule has 1 aliphatic heterocycles. The molecular weight excluding hydrogens is 494 g/mol. The van der Waals surface area contributed by atoms with Crippen LogP contribution in [-0.2, 0) is 14.9 Å². The van der Waals surface area contributed by atoms with E-state index in [2.05, 4.69) is 20.8 Å². The average Bonchev–Trinajstić information content (AvgIpc) is 3.45. The first kappa shape index (κ1) is 27.8. The lowest BCUT2D eigenvalue weighted by Gasteiger charge is -2.63. The first-order valence-corrected chi connectivity index (χ1v) is 16.0. The highest BCUT2D eigenvalue weighted by Gasteiger charge is 2.65. The molecule has 0 spiro atoms.